The van der Waals surface area contributed by atoms with Crippen molar-refractivity contribution in [2.45, 2.75) is 0 Å². The second kappa shape index (κ2) is 4.37. The van der Waals surface area contributed by atoms with Crippen LogP contribution >= 0.6 is 0 Å². The van der Waals surface area contributed by atoms with Gasteiger partial charge in [-0.1, -0.05) is 18.2 Å². The quantitative estimate of drug-likeness (QED) is 0.778. The van der Waals surface area contributed by atoms with Crippen molar-refractivity contribution in [1.29, 1.82) is 0 Å². The SMILES string of the molecule is COc1c(C(=O)O)n(C)c2c1c(=O)n(C)c1ccccc21. The van der Waals surface area contributed by atoms with E-state index in [2.05, 4.69) is 0 Å². The number of carbonyl (C=O) groups is 1. The first-order valence-electron chi connectivity index (χ1n) is 6.36. The number of carboxylic acids is 1. The van der Waals surface area contributed by atoms with Crippen LogP contribution in [0.25, 0.3) is 21.8 Å². The number of pyridine rings is 1. The van der Waals surface area contributed by atoms with Crippen LogP contribution in [0.15, 0.2) is 29.1 Å². The molecule has 2 heterocycles. The predicted octanol–water partition coefficient (Wildman–Crippen LogP) is 1.74. The fourth-order valence-electron chi connectivity index (χ4n) is 2.85. The summed E-state index contributed by atoms with van der Waals surface area (Å²) >= 11 is 0. The number of para-hydroxylation sites is 1. The lowest BCUT2D eigenvalue weighted by molar-refractivity contribution is 0.0683. The Morgan fingerprint density at radius 1 is 1.19 bits per heavy atom. The van der Waals surface area contributed by atoms with Gasteiger partial charge in [0.2, 0.25) is 0 Å². The van der Waals surface area contributed by atoms with Crippen molar-refractivity contribution in [2.24, 2.45) is 14.1 Å². The van der Waals surface area contributed by atoms with Crippen LogP contribution < -0.4 is 10.3 Å². The first-order valence-corrected chi connectivity index (χ1v) is 6.36. The summed E-state index contributed by atoms with van der Waals surface area (Å²) in [5.41, 5.74) is 1.02. The maximum Gasteiger partial charge on any atom is 0.356 e. The van der Waals surface area contributed by atoms with Crippen LogP contribution in [0, 0.1) is 0 Å². The van der Waals surface area contributed by atoms with Gasteiger partial charge in [-0.25, -0.2) is 4.79 Å². The fourth-order valence-corrected chi connectivity index (χ4v) is 2.85. The van der Waals surface area contributed by atoms with E-state index >= 15 is 0 Å². The third-order valence-corrected chi connectivity index (χ3v) is 3.80. The van der Waals surface area contributed by atoms with Gasteiger partial charge in [0.15, 0.2) is 11.4 Å². The van der Waals surface area contributed by atoms with E-state index in [1.807, 2.05) is 24.3 Å². The molecule has 0 aliphatic rings. The molecule has 0 bridgehead atoms. The van der Waals surface area contributed by atoms with E-state index in [9.17, 15) is 14.7 Å². The van der Waals surface area contributed by atoms with Crippen LogP contribution in [0.2, 0.25) is 0 Å². The molecular formula is C15H14N2O4. The van der Waals surface area contributed by atoms with Crippen LogP contribution in [0.4, 0.5) is 0 Å². The molecule has 108 valence electrons. The molecule has 1 aromatic carbocycles. The van der Waals surface area contributed by atoms with Gasteiger partial charge in [0.05, 0.1) is 18.1 Å². The number of aromatic carboxylic acids is 1. The second-order valence-corrected chi connectivity index (χ2v) is 4.85. The number of nitrogens with zero attached hydrogens (tertiary/aromatic N) is 2. The summed E-state index contributed by atoms with van der Waals surface area (Å²) in [6.07, 6.45) is 0. The largest absolute Gasteiger partial charge is 0.493 e. The van der Waals surface area contributed by atoms with E-state index in [1.54, 1.807) is 14.1 Å². The standard InChI is InChI=1S/C15H14N2O4/c1-16-9-7-5-4-6-8(9)11-10(14(16)18)13(21-3)12(15(19)20)17(11)2/h4-7H,1-3H3,(H,19,20). The van der Waals surface area contributed by atoms with E-state index in [0.29, 0.717) is 10.9 Å². The molecule has 0 aliphatic heterocycles. The first-order chi connectivity index (χ1) is 9.99. The van der Waals surface area contributed by atoms with E-state index < -0.39 is 5.97 Å². The van der Waals surface area contributed by atoms with Crippen molar-refractivity contribution in [1.82, 2.24) is 9.13 Å². The number of carboxylic acid groups (broad SMARTS) is 1. The first kappa shape index (κ1) is 13.2. The van der Waals surface area contributed by atoms with E-state index in [1.165, 1.54) is 16.2 Å². The van der Waals surface area contributed by atoms with Crippen molar-refractivity contribution in [2.75, 3.05) is 7.11 Å². The van der Waals surface area contributed by atoms with Crippen molar-refractivity contribution in [3.05, 3.63) is 40.3 Å². The number of hydrogen-bond donors (Lipinski definition) is 1. The van der Waals surface area contributed by atoms with E-state index in [-0.39, 0.29) is 17.0 Å². The molecule has 0 spiro atoms. The van der Waals surface area contributed by atoms with Gasteiger partial charge in [-0.05, 0) is 6.07 Å². The number of aryl methyl sites for hydroxylation is 2. The van der Waals surface area contributed by atoms with Crippen molar-refractivity contribution in [3.8, 4) is 5.75 Å². The van der Waals surface area contributed by atoms with E-state index in [0.717, 1.165) is 10.9 Å². The minimum atomic E-state index is -1.13. The summed E-state index contributed by atoms with van der Waals surface area (Å²) in [4.78, 5) is 24.1. The molecule has 21 heavy (non-hydrogen) atoms. The molecule has 0 saturated heterocycles. The maximum absolute atomic E-state index is 12.6. The van der Waals surface area contributed by atoms with Crippen LogP contribution in [-0.2, 0) is 14.1 Å². The van der Waals surface area contributed by atoms with Gasteiger partial charge in [0.1, 0.15) is 5.39 Å². The number of benzene rings is 1. The molecule has 0 saturated carbocycles. The molecule has 0 unspecified atom stereocenters. The Morgan fingerprint density at radius 2 is 1.86 bits per heavy atom. The summed E-state index contributed by atoms with van der Waals surface area (Å²) in [6.45, 7) is 0. The van der Waals surface area contributed by atoms with Crippen LogP contribution in [0.3, 0.4) is 0 Å². The van der Waals surface area contributed by atoms with E-state index in [4.69, 9.17) is 4.74 Å². The number of rotatable bonds is 2. The summed E-state index contributed by atoms with van der Waals surface area (Å²) in [7, 11) is 4.66. The van der Waals surface area contributed by atoms with Gasteiger partial charge in [-0.3, -0.25) is 4.79 Å². The predicted molar refractivity (Wildman–Crippen MR) is 79.2 cm³/mol. The highest BCUT2D eigenvalue weighted by Gasteiger charge is 2.26. The number of methoxy groups -OCH3 is 1. The molecule has 0 amide bonds. The Kier molecular flexibility index (Phi) is 2.76. The zero-order chi connectivity index (χ0) is 15.3. The Labute approximate surface area is 119 Å². The van der Waals surface area contributed by atoms with Gasteiger partial charge in [0.25, 0.3) is 5.56 Å². The molecule has 6 heteroatoms. The monoisotopic (exact) mass is 286 g/mol. The van der Waals surface area contributed by atoms with Gasteiger partial charge < -0.3 is 19.0 Å². The molecule has 6 nitrogen and oxygen atoms in total. The molecule has 0 aliphatic carbocycles. The molecule has 3 aromatic rings. The minimum Gasteiger partial charge on any atom is -0.493 e. The van der Waals surface area contributed by atoms with Gasteiger partial charge in [-0.2, -0.15) is 0 Å². The Hall–Kier alpha value is -2.76. The molecule has 0 radical (unpaired) electrons. The normalized spacial score (nSPS) is 11.2. The van der Waals surface area contributed by atoms with Crippen molar-refractivity contribution in [3.63, 3.8) is 0 Å². The molecule has 0 fully saturated rings. The van der Waals surface area contributed by atoms with Crippen LogP contribution in [0.1, 0.15) is 10.5 Å². The minimum absolute atomic E-state index is 0.0269. The lowest BCUT2D eigenvalue weighted by Crippen LogP contribution is -2.17. The summed E-state index contributed by atoms with van der Waals surface area (Å²) in [5.74, 6) is -1.02. The van der Waals surface area contributed by atoms with Gasteiger partial charge >= 0.3 is 5.97 Å². The average molecular weight is 286 g/mol. The second-order valence-electron chi connectivity index (χ2n) is 4.85. The zero-order valence-corrected chi connectivity index (χ0v) is 11.9. The Balaban J connectivity index is 2.73. The molecule has 0 atom stereocenters. The summed E-state index contributed by atoms with van der Waals surface area (Å²) in [5, 5.41) is 10.5. The van der Waals surface area contributed by atoms with Crippen molar-refractivity contribution < 1.29 is 14.6 Å². The number of ether oxygens (including phenoxy) is 1. The van der Waals surface area contributed by atoms with Crippen LogP contribution in [-0.4, -0.2) is 27.3 Å². The lowest BCUT2D eigenvalue weighted by atomic mass is 10.1. The molecule has 2 aromatic heterocycles. The Bertz CT molecular complexity index is 950. The number of fused-ring (bicyclic) bond motifs is 3. The number of aromatic nitrogens is 2. The zero-order valence-electron chi connectivity index (χ0n) is 11.9. The number of hydrogen-bond acceptors (Lipinski definition) is 3. The van der Waals surface area contributed by atoms with Crippen LogP contribution in [0.5, 0.6) is 5.75 Å². The molecule has 1 N–H and O–H groups in total. The smallest absolute Gasteiger partial charge is 0.356 e. The van der Waals surface area contributed by atoms with Crippen molar-refractivity contribution >= 4 is 27.8 Å². The highest BCUT2D eigenvalue weighted by molar-refractivity contribution is 6.10. The fraction of sp³-hybridized carbons (Fsp3) is 0.200. The highest BCUT2D eigenvalue weighted by atomic mass is 16.5. The maximum atomic E-state index is 12.6. The third kappa shape index (κ3) is 1.59. The molecular weight excluding hydrogens is 272 g/mol. The Morgan fingerprint density at radius 3 is 2.48 bits per heavy atom. The average Bonchev–Trinajstić information content (AvgIpc) is 2.77. The van der Waals surface area contributed by atoms with Gasteiger partial charge in [0, 0.05) is 19.5 Å². The highest BCUT2D eigenvalue weighted by Crippen LogP contribution is 2.34. The lowest BCUT2D eigenvalue weighted by Gasteiger charge is -2.07. The summed E-state index contributed by atoms with van der Waals surface area (Å²) in [6, 6.07) is 7.39. The summed E-state index contributed by atoms with van der Waals surface area (Å²) < 4.78 is 8.22. The third-order valence-electron chi connectivity index (χ3n) is 3.80. The molecule has 3 rings (SSSR count). The van der Waals surface area contributed by atoms with Gasteiger partial charge in [-0.15, -0.1) is 0 Å². The topological polar surface area (TPSA) is 73.5 Å².